The van der Waals surface area contributed by atoms with Gasteiger partial charge in [0.15, 0.2) is 0 Å². The molecule has 0 amide bonds. The molecule has 1 saturated carbocycles. The second-order valence-corrected chi connectivity index (χ2v) is 7.43. The predicted molar refractivity (Wildman–Crippen MR) is 94.0 cm³/mol. The summed E-state index contributed by atoms with van der Waals surface area (Å²) in [5.41, 5.74) is 0. The fourth-order valence-corrected chi connectivity index (χ4v) is 4.73. The molecule has 0 aliphatic heterocycles. The van der Waals surface area contributed by atoms with Crippen LogP contribution in [0.25, 0.3) is 0 Å². The van der Waals surface area contributed by atoms with Crippen molar-refractivity contribution in [2.45, 2.75) is 97.8 Å². The number of rotatable bonds is 11. The quantitative estimate of drug-likeness (QED) is 0.487. The molecule has 1 aliphatic rings. The van der Waals surface area contributed by atoms with Crippen molar-refractivity contribution >= 4 is 5.97 Å². The van der Waals surface area contributed by atoms with Gasteiger partial charge in [0.05, 0.1) is 0 Å². The minimum atomic E-state index is -0.611. The first-order valence-corrected chi connectivity index (χ1v) is 9.85. The minimum Gasteiger partial charge on any atom is -0.481 e. The number of hydrogen-bond acceptors (Lipinski definition) is 1. The molecule has 0 aromatic rings. The van der Waals surface area contributed by atoms with E-state index in [-0.39, 0.29) is 0 Å². The van der Waals surface area contributed by atoms with Crippen molar-refractivity contribution in [2.75, 3.05) is 0 Å². The maximum atomic E-state index is 11.1. The highest BCUT2D eigenvalue weighted by molar-refractivity contribution is 5.66. The fourth-order valence-electron chi connectivity index (χ4n) is 4.73. The van der Waals surface area contributed by atoms with Crippen LogP contribution >= 0.6 is 0 Å². The number of hydrogen-bond donors (Lipinski definition) is 1. The van der Waals surface area contributed by atoms with Crippen LogP contribution < -0.4 is 0 Å². The van der Waals surface area contributed by atoms with Crippen molar-refractivity contribution in [3.05, 3.63) is 0 Å². The van der Waals surface area contributed by atoms with Gasteiger partial charge in [0, 0.05) is 6.42 Å². The Hall–Kier alpha value is -0.530. The lowest BCUT2D eigenvalue weighted by Crippen LogP contribution is -2.35. The van der Waals surface area contributed by atoms with Gasteiger partial charge in [-0.3, -0.25) is 4.79 Å². The number of carbonyl (C=O) groups is 1. The van der Waals surface area contributed by atoms with Crippen molar-refractivity contribution in [3.63, 3.8) is 0 Å². The lowest BCUT2D eigenvalue weighted by molar-refractivity contribution is -0.137. The zero-order chi connectivity index (χ0) is 16.4. The van der Waals surface area contributed by atoms with Crippen molar-refractivity contribution in [1.82, 2.24) is 0 Å². The number of carboxylic acid groups (broad SMARTS) is 1. The van der Waals surface area contributed by atoms with Gasteiger partial charge in [-0.05, 0) is 42.9 Å². The largest absolute Gasteiger partial charge is 0.481 e. The molecule has 0 saturated heterocycles. The zero-order valence-corrected chi connectivity index (χ0v) is 15.2. The van der Waals surface area contributed by atoms with Gasteiger partial charge in [-0.25, -0.2) is 0 Å². The second-order valence-electron chi connectivity index (χ2n) is 7.43. The Bertz CT molecular complexity index is 300. The summed E-state index contributed by atoms with van der Waals surface area (Å²) in [6.07, 6.45) is 14.5. The second kappa shape index (κ2) is 11.1. The molecule has 4 atom stereocenters. The Labute approximate surface area is 138 Å². The van der Waals surface area contributed by atoms with E-state index in [0.717, 1.165) is 24.2 Å². The van der Waals surface area contributed by atoms with Crippen molar-refractivity contribution in [1.29, 1.82) is 0 Å². The van der Waals surface area contributed by atoms with Gasteiger partial charge in [-0.2, -0.15) is 0 Å². The van der Waals surface area contributed by atoms with Crippen molar-refractivity contribution in [2.24, 2.45) is 23.7 Å². The van der Waals surface area contributed by atoms with Crippen LogP contribution in [0.15, 0.2) is 0 Å². The summed E-state index contributed by atoms with van der Waals surface area (Å²) in [6.45, 7) is 6.84. The van der Waals surface area contributed by atoms with E-state index in [1.54, 1.807) is 0 Å². The van der Waals surface area contributed by atoms with Gasteiger partial charge >= 0.3 is 5.97 Å². The van der Waals surface area contributed by atoms with Crippen LogP contribution in [0.5, 0.6) is 0 Å². The molecule has 130 valence electrons. The summed E-state index contributed by atoms with van der Waals surface area (Å²) >= 11 is 0. The molecule has 22 heavy (non-hydrogen) atoms. The molecule has 4 unspecified atom stereocenters. The van der Waals surface area contributed by atoms with Crippen LogP contribution in [0.4, 0.5) is 0 Å². The van der Waals surface area contributed by atoms with E-state index in [1.807, 2.05) is 0 Å². The average molecular weight is 311 g/mol. The third-order valence-electron chi connectivity index (χ3n) is 5.84. The Kier molecular flexibility index (Phi) is 9.82. The van der Waals surface area contributed by atoms with E-state index in [2.05, 4.69) is 20.8 Å². The molecular formula is C20H38O2. The molecular weight excluding hydrogens is 272 g/mol. The van der Waals surface area contributed by atoms with E-state index in [9.17, 15) is 4.79 Å². The number of unbranched alkanes of at least 4 members (excludes halogenated alkanes) is 2. The standard InChI is InChI=1S/C20H38O2/c1-4-7-10-16-12-13-17(11-8-5-2)19(14-15-20(21)22)18(16)9-6-3/h16-19H,4-15H2,1-3H3,(H,21,22). The molecule has 1 N–H and O–H groups in total. The normalized spacial score (nSPS) is 28.7. The molecule has 0 spiro atoms. The van der Waals surface area contributed by atoms with Crippen LogP contribution in [0.2, 0.25) is 0 Å². The molecule has 0 aromatic heterocycles. The van der Waals surface area contributed by atoms with Crippen LogP contribution in [0.1, 0.15) is 97.8 Å². The van der Waals surface area contributed by atoms with E-state index < -0.39 is 5.97 Å². The van der Waals surface area contributed by atoms with Crippen molar-refractivity contribution in [3.8, 4) is 0 Å². The molecule has 2 nitrogen and oxygen atoms in total. The van der Waals surface area contributed by atoms with Gasteiger partial charge in [-0.1, -0.05) is 72.1 Å². The fraction of sp³-hybridized carbons (Fsp3) is 0.950. The van der Waals surface area contributed by atoms with Crippen LogP contribution in [-0.2, 0) is 4.79 Å². The van der Waals surface area contributed by atoms with Gasteiger partial charge in [0.25, 0.3) is 0 Å². The van der Waals surface area contributed by atoms with E-state index in [0.29, 0.717) is 12.3 Å². The van der Waals surface area contributed by atoms with Gasteiger partial charge in [0.1, 0.15) is 0 Å². The average Bonchev–Trinajstić information content (AvgIpc) is 2.50. The monoisotopic (exact) mass is 310 g/mol. The summed E-state index contributed by atoms with van der Waals surface area (Å²) < 4.78 is 0. The third-order valence-corrected chi connectivity index (χ3v) is 5.84. The lowest BCUT2D eigenvalue weighted by Gasteiger charge is -2.44. The first kappa shape index (κ1) is 19.5. The Balaban J connectivity index is 2.77. The summed E-state index contributed by atoms with van der Waals surface area (Å²) in [4.78, 5) is 11.1. The third kappa shape index (κ3) is 6.30. The lowest BCUT2D eigenvalue weighted by atomic mass is 9.61. The maximum absolute atomic E-state index is 11.1. The number of carboxylic acids is 1. The van der Waals surface area contributed by atoms with Gasteiger partial charge in [-0.15, -0.1) is 0 Å². The first-order chi connectivity index (χ1) is 10.6. The molecule has 2 heteroatoms. The SMILES string of the molecule is CCCCC1CCC(CCCC)C(CCC(=O)O)C1CCC. The van der Waals surface area contributed by atoms with E-state index >= 15 is 0 Å². The molecule has 1 aliphatic carbocycles. The van der Waals surface area contributed by atoms with E-state index in [1.165, 1.54) is 64.2 Å². The van der Waals surface area contributed by atoms with E-state index in [4.69, 9.17) is 5.11 Å². The summed E-state index contributed by atoms with van der Waals surface area (Å²) in [6, 6.07) is 0. The highest BCUT2D eigenvalue weighted by Gasteiger charge is 2.37. The topological polar surface area (TPSA) is 37.3 Å². The maximum Gasteiger partial charge on any atom is 0.303 e. The van der Waals surface area contributed by atoms with Gasteiger partial charge < -0.3 is 5.11 Å². The Morgan fingerprint density at radius 2 is 1.32 bits per heavy atom. The van der Waals surface area contributed by atoms with Crippen LogP contribution in [0, 0.1) is 23.7 Å². The minimum absolute atomic E-state index is 0.369. The summed E-state index contributed by atoms with van der Waals surface area (Å²) in [5, 5.41) is 9.13. The summed E-state index contributed by atoms with van der Waals surface area (Å²) in [7, 11) is 0. The first-order valence-electron chi connectivity index (χ1n) is 9.85. The molecule has 0 bridgehead atoms. The van der Waals surface area contributed by atoms with Crippen molar-refractivity contribution < 1.29 is 9.90 Å². The predicted octanol–water partition coefficient (Wildman–Crippen LogP) is 6.29. The van der Waals surface area contributed by atoms with Crippen LogP contribution in [0.3, 0.4) is 0 Å². The van der Waals surface area contributed by atoms with Crippen LogP contribution in [-0.4, -0.2) is 11.1 Å². The molecule has 0 aromatic carbocycles. The zero-order valence-electron chi connectivity index (χ0n) is 15.2. The molecule has 1 fully saturated rings. The highest BCUT2D eigenvalue weighted by atomic mass is 16.4. The Morgan fingerprint density at radius 1 is 0.818 bits per heavy atom. The smallest absolute Gasteiger partial charge is 0.303 e. The molecule has 0 heterocycles. The highest BCUT2D eigenvalue weighted by Crippen LogP contribution is 2.47. The number of aliphatic carboxylic acids is 1. The molecule has 0 radical (unpaired) electrons. The Morgan fingerprint density at radius 3 is 1.73 bits per heavy atom. The van der Waals surface area contributed by atoms with Gasteiger partial charge in [0.2, 0.25) is 0 Å². The summed E-state index contributed by atoms with van der Waals surface area (Å²) in [5.74, 6) is 2.48. The molecule has 1 rings (SSSR count).